The number of aromatic nitrogens is 2. The number of ketones is 1. The zero-order valence-corrected chi connectivity index (χ0v) is 16.2. The van der Waals surface area contributed by atoms with Crippen molar-refractivity contribution in [1.82, 2.24) is 9.97 Å². The van der Waals surface area contributed by atoms with Gasteiger partial charge in [-0.3, -0.25) is 24.5 Å². The Morgan fingerprint density at radius 2 is 1.83 bits per heavy atom. The summed E-state index contributed by atoms with van der Waals surface area (Å²) in [6.07, 6.45) is 4.58. The van der Waals surface area contributed by atoms with Crippen LogP contribution in [0, 0.1) is 6.92 Å². The summed E-state index contributed by atoms with van der Waals surface area (Å²) in [4.78, 5) is 35.7. The molecule has 4 rings (SSSR count). The van der Waals surface area contributed by atoms with Crippen molar-refractivity contribution in [1.29, 1.82) is 0 Å². The maximum atomic E-state index is 13.0. The molecule has 3 aromatic rings. The van der Waals surface area contributed by atoms with Crippen molar-refractivity contribution in [3.05, 3.63) is 94.5 Å². The molecule has 1 N–H and O–H groups in total. The van der Waals surface area contributed by atoms with E-state index >= 15 is 0 Å². The van der Waals surface area contributed by atoms with Gasteiger partial charge in [0.25, 0.3) is 11.7 Å². The summed E-state index contributed by atoms with van der Waals surface area (Å²) in [5.74, 6) is -1.81. The van der Waals surface area contributed by atoms with Gasteiger partial charge in [0.1, 0.15) is 11.8 Å². The van der Waals surface area contributed by atoms with E-state index in [4.69, 9.17) is 11.6 Å². The number of hydrogen-bond acceptors (Lipinski definition) is 5. The molecule has 144 valence electrons. The lowest BCUT2D eigenvalue weighted by Crippen LogP contribution is -2.30. The van der Waals surface area contributed by atoms with Gasteiger partial charge < -0.3 is 5.11 Å². The Hall–Kier alpha value is -3.51. The highest BCUT2D eigenvalue weighted by molar-refractivity contribution is 6.51. The van der Waals surface area contributed by atoms with Gasteiger partial charge in [-0.2, -0.15) is 0 Å². The minimum Gasteiger partial charge on any atom is -0.507 e. The van der Waals surface area contributed by atoms with Crippen molar-refractivity contribution in [2.24, 2.45) is 0 Å². The number of anilines is 1. The van der Waals surface area contributed by atoms with Crippen LogP contribution in [0.2, 0.25) is 5.02 Å². The fourth-order valence-electron chi connectivity index (χ4n) is 3.41. The summed E-state index contributed by atoms with van der Waals surface area (Å²) in [5.41, 5.74) is 2.08. The van der Waals surface area contributed by atoms with Crippen molar-refractivity contribution < 1.29 is 14.7 Å². The molecule has 1 fully saturated rings. The van der Waals surface area contributed by atoms with Crippen molar-refractivity contribution in [3.63, 3.8) is 0 Å². The minimum atomic E-state index is -0.887. The van der Waals surface area contributed by atoms with E-state index in [9.17, 15) is 14.7 Å². The van der Waals surface area contributed by atoms with Crippen molar-refractivity contribution in [2.45, 2.75) is 13.0 Å². The molecule has 1 atom stereocenters. The second-order valence-electron chi connectivity index (χ2n) is 6.59. The van der Waals surface area contributed by atoms with Crippen LogP contribution < -0.4 is 4.90 Å². The highest BCUT2D eigenvalue weighted by Gasteiger charge is 2.48. The van der Waals surface area contributed by atoms with Gasteiger partial charge in [-0.25, -0.2) is 0 Å². The van der Waals surface area contributed by atoms with E-state index in [0.29, 0.717) is 22.0 Å². The number of pyridine rings is 2. The highest BCUT2D eigenvalue weighted by Crippen LogP contribution is 2.42. The molecule has 3 heterocycles. The fourth-order valence-corrected chi connectivity index (χ4v) is 3.57. The molecule has 7 heteroatoms. The van der Waals surface area contributed by atoms with Gasteiger partial charge in [0.05, 0.1) is 11.3 Å². The van der Waals surface area contributed by atoms with Crippen LogP contribution >= 0.6 is 11.6 Å². The number of Topliss-reactive ketones (excluding diaryl/α,β-unsaturated/α-hetero) is 1. The lowest BCUT2D eigenvalue weighted by atomic mass is 9.98. The molecule has 0 bridgehead atoms. The average molecular weight is 406 g/mol. The number of rotatable bonds is 3. The third-order valence-corrected chi connectivity index (χ3v) is 5.03. The number of amides is 1. The molecule has 1 aromatic carbocycles. The number of halogens is 1. The van der Waals surface area contributed by atoms with Crippen LogP contribution in [-0.2, 0) is 9.59 Å². The molecule has 1 aliphatic heterocycles. The third-order valence-electron chi connectivity index (χ3n) is 4.80. The molecule has 2 aromatic heterocycles. The van der Waals surface area contributed by atoms with Crippen LogP contribution in [0.3, 0.4) is 0 Å². The van der Waals surface area contributed by atoms with Gasteiger partial charge in [0.15, 0.2) is 0 Å². The quantitative estimate of drug-likeness (QED) is 0.403. The number of carbonyl (C=O) groups is 2. The lowest BCUT2D eigenvalue weighted by Gasteiger charge is -2.26. The molecule has 1 amide bonds. The first-order valence-corrected chi connectivity index (χ1v) is 9.25. The van der Waals surface area contributed by atoms with Gasteiger partial charge in [-0.05, 0) is 48.9 Å². The Bertz CT molecular complexity index is 1130. The van der Waals surface area contributed by atoms with Crippen LogP contribution in [0.25, 0.3) is 5.76 Å². The van der Waals surface area contributed by atoms with E-state index in [-0.39, 0.29) is 11.3 Å². The topological polar surface area (TPSA) is 83.4 Å². The number of carbonyl (C=O) groups excluding carboxylic acids is 2. The summed E-state index contributed by atoms with van der Waals surface area (Å²) in [7, 11) is 0. The Kier molecular flexibility index (Phi) is 4.86. The van der Waals surface area contributed by atoms with Crippen molar-refractivity contribution >= 4 is 34.7 Å². The molecule has 6 nitrogen and oxygen atoms in total. The number of aliphatic hydroxyl groups excluding tert-OH is 1. The smallest absolute Gasteiger partial charge is 0.300 e. The SMILES string of the molecule is Cc1ccc(Cl)cc1N1C(=O)C(=O)/C(=C(/O)c2ccncc2)C1c1ccccn1. The van der Waals surface area contributed by atoms with Crippen LogP contribution in [0.1, 0.15) is 22.9 Å². The Labute approximate surface area is 172 Å². The second kappa shape index (κ2) is 7.48. The average Bonchev–Trinajstić information content (AvgIpc) is 3.01. The first-order valence-electron chi connectivity index (χ1n) is 8.87. The third kappa shape index (κ3) is 3.28. The van der Waals surface area contributed by atoms with E-state index in [1.165, 1.54) is 17.3 Å². The number of hydrogen-bond donors (Lipinski definition) is 1. The van der Waals surface area contributed by atoms with Crippen molar-refractivity contribution in [3.8, 4) is 0 Å². The highest BCUT2D eigenvalue weighted by atomic mass is 35.5. The van der Waals surface area contributed by atoms with Gasteiger partial charge in [-0.15, -0.1) is 0 Å². The zero-order chi connectivity index (χ0) is 20.5. The first-order chi connectivity index (χ1) is 14.0. The first kappa shape index (κ1) is 18.8. The number of benzene rings is 1. The van der Waals surface area contributed by atoms with E-state index in [0.717, 1.165) is 5.56 Å². The molecule has 0 spiro atoms. The van der Waals surface area contributed by atoms with Crippen LogP contribution in [0.15, 0.2) is 72.7 Å². The van der Waals surface area contributed by atoms with E-state index in [2.05, 4.69) is 9.97 Å². The van der Waals surface area contributed by atoms with Gasteiger partial charge >= 0.3 is 0 Å². The Morgan fingerprint density at radius 3 is 2.52 bits per heavy atom. The summed E-state index contributed by atoms with van der Waals surface area (Å²) in [6.45, 7) is 1.82. The van der Waals surface area contributed by atoms with Crippen LogP contribution in [0.4, 0.5) is 5.69 Å². The minimum absolute atomic E-state index is 0.0284. The normalized spacial score (nSPS) is 18.3. The Morgan fingerprint density at radius 1 is 1.07 bits per heavy atom. The van der Waals surface area contributed by atoms with Crippen LogP contribution in [-0.4, -0.2) is 26.8 Å². The zero-order valence-electron chi connectivity index (χ0n) is 15.4. The predicted molar refractivity (Wildman–Crippen MR) is 109 cm³/mol. The molecule has 1 saturated heterocycles. The molecule has 0 aliphatic carbocycles. The standard InChI is InChI=1S/C22H16ClN3O3/c1-13-5-6-15(23)12-17(13)26-19(16-4-2-3-9-25-16)18(21(28)22(26)29)20(27)14-7-10-24-11-8-14/h2-12,19,27H,1H3/b20-18+. The van der Waals surface area contributed by atoms with Crippen LogP contribution in [0.5, 0.6) is 0 Å². The van der Waals surface area contributed by atoms with Gasteiger partial charge in [0, 0.05) is 34.9 Å². The summed E-state index contributed by atoms with van der Waals surface area (Å²) in [6, 6.07) is 12.6. The molecule has 1 aliphatic rings. The maximum Gasteiger partial charge on any atom is 0.300 e. The Balaban J connectivity index is 1.98. The van der Waals surface area contributed by atoms with E-state index in [1.54, 1.807) is 54.7 Å². The van der Waals surface area contributed by atoms with E-state index < -0.39 is 17.7 Å². The lowest BCUT2D eigenvalue weighted by molar-refractivity contribution is -0.132. The summed E-state index contributed by atoms with van der Waals surface area (Å²) in [5, 5.41) is 11.4. The molecule has 1 unspecified atom stereocenters. The monoisotopic (exact) mass is 405 g/mol. The predicted octanol–water partition coefficient (Wildman–Crippen LogP) is 4.06. The molecule has 0 saturated carbocycles. The molecular formula is C22H16ClN3O3. The van der Waals surface area contributed by atoms with E-state index in [1.807, 2.05) is 6.92 Å². The number of aliphatic hydroxyl groups is 1. The van der Waals surface area contributed by atoms with Gasteiger partial charge in [-0.1, -0.05) is 23.7 Å². The summed E-state index contributed by atoms with van der Waals surface area (Å²) >= 11 is 6.16. The number of nitrogens with zero attached hydrogens (tertiary/aromatic N) is 3. The maximum absolute atomic E-state index is 13.0. The number of aryl methyl sites for hydroxylation is 1. The van der Waals surface area contributed by atoms with Crippen molar-refractivity contribution in [2.75, 3.05) is 4.90 Å². The molecular weight excluding hydrogens is 390 g/mol. The molecule has 29 heavy (non-hydrogen) atoms. The molecule has 0 radical (unpaired) electrons. The van der Waals surface area contributed by atoms with Gasteiger partial charge in [0.2, 0.25) is 0 Å². The summed E-state index contributed by atoms with van der Waals surface area (Å²) < 4.78 is 0. The largest absolute Gasteiger partial charge is 0.507 e. The second-order valence-corrected chi connectivity index (χ2v) is 7.03. The fraction of sp³-hybridized carbons (Fsp3) is 0.0909.